The fraction of sp³-hybridized carbons (Fsp3) is 0.214. The van der Waals surface area contributed by atoms with Crippen molar-refractivity contribution in [2.24, 2.45) is 0 Å². The van der Waals surface area contributed by atoms with Gasteiger partial charge in [0, 0.05) is 17.8 Å². The lowest BCUT2D eigenvalue weighted by Crippen LogP contribution is -2.18. The average Bonchev–Trinajstić information content (AvgIpc) is 3.00. The zero-order chi connectivity index (χ0) is 12.5. The molecule has 2 N–H and O–H groups in total. The number of H-pyrrole nitrogens is 1. The molecule has 3 rings (SSSR count). The molecule has 0 aliphatic rings. The molecular formula is C14H15N3O. The van der Waals surface area contributed by atoms with E-state index in [1.54, 1.807) is 6.20 Å². The molecule has 0 saturated carbocycles. The summed E-state index contributed by atoms with van der Waals surface area (Å²) in [6.07, 6.45) is 3.56. The highest BCUT2D eigenvalue weighted by molar-refractivity contribution is 5.81. The fourth-order valence-corrected chi connectivity index (χ4v) is 2.22. The second-order valence-electron chi connectivity index (χ2n) is 4.34. The van der Waals surface area contributed by atoms with Crippen LogP contribution >= 0.6 is 0 Å². The smallest absolute Gasteiger partial charge is 0.137 e. The first-order valence-electron chi connectivity index (χ1n) is 5.95. The van der Waals surface area contributed by atoms with E-state index >= 15 is 0 Å². The molecule has 2 aromatic heterocycles. The maximum absolute atomic E-state index is 5.95. The Bertz CT molecular complexity index is 655. The first kappa shape index (κ1) is 11.0. The molecule has 0 aliphatic heterocycles. The SMILES string of the molecule is CNC(c1ncc[nH]1)c1cc2cccc(C)c2o1. The van der Waals surface area contributed by atoms with E-state index in [9.17, 15) is 0 Å². The van der Waals surface area contributed by atoms with Crippen molar-refractivity contribution < 1.29 is 4.42 Å². The second-order valence-corrected chi connectivity index (χ2v) is 4.34. The lowest BCUT2D eigenvalue weighted by molar-refractivity contribution is 0.480. The highest BCUT2D eigenvalue weighted by Crippen LogP contribution is 2.28. The first-order chi connectivity index (χ1) is 8.79. The van der Waals surface area contributed by atoms with E-state index in [0.29, 0.717) is 0 Å². The Balaban J connectivity index is 2.11. The van der Waals surface area contributed by atoms with E-state index in [1.807, 2.05) is 19.3 Å². The van der Waals surface area contributed by atoms with Crippen LogP contribution in [0.15, 0.2) is 41.1 Å². The molecular weight excluding hydrogens is 226 g/mol. The number of aryl methyl sites for hydroxylation is 1. The Morgan fingerprint density at radius 1 is 1.39 bits per heavy atom. The fourth-order valence-electron chi connectivity index (χ4n) is 2.22. The number of nitrogens with zero attached hydrogens (tertiary/aromatic N) is 1. The summed E-state index contributed by atoms with van der Waals surface area (Å²) < 4.78 is 5.95. The van der Waals surface area contributed by atoms with Gasteiger partial charge >= 0.3 is 0 Å². The number of benzene rings is 1. The van der Waals surface area contributed by atoms with Gasteiger partial charge in [0.15, 0.2) is 0 Å². The van der Waals surface area contributed by atoms with Crippen molar-refractivity contribution in [3.8, 4) is 0 Å². The van der Waals surface area contributed by atoms with Crippen molar-refractivity contribution in [3.63, 3.8) is 0 Å². The molecule has 0 spiro atoms. The topological polar surface area (TPSA) is 53.9 Å². The highest BCUT2D eigenvalue weighted by Gasteiger charge is 2.19. The number of aromatic amines is 1. The van der Waals surface area contributed by atoms with Crippen LogP contribution < -0.4 is 5.32 Å². The van der Waals surface area contributed by atoms with Crippen LogP contribution in [0.4, 0.5) is 0 Å². The molecule has 4 nitrogen and oxygen atoms in total. The van der Waals surface area contributed by atoms with Gasteiger partial charge in [-0.25, -0.2) is 4.98 Å². The minimum absolute atomic E-state index is 0.0493. The van der Waals surface area contributed by atoms with Gasteiger partial charge in [0.2, 0.25) is 0 Å². The Hall–Kier alpha value is -2.07. The van der Waals surface area contributed by atoms with E-state index in [-0.39, 0.29) is 6.04 Å². The summed E-state index contributed by atoms with van der Waals surface area (Å²) >= 11 is 0. The zero-order valence-corrected chi connectivity index (χ0v) is 10.4. The van der Waals surface area contributed by atoms with E-state index in [2.05, 4.69) is 40.4 Å². The average molecular weight is 241 g/mol. The molecule has 0 aliphatic carbocycles. The molecule has 0 radical (unpaired) electrons. The predicted octanol–water partition coefficient (Wildman–Crippen LogP) is 2.77. The number of furan rings is 1. The molecule has 18 heavy (non-hydrogen) atoms. The van der Waals surface area contributed by atoms with Gasteiger partial charge in [-0.3, -0.25) is 0 Å². The van der Waals surface area contributed by atoms with E-state index < -0.39 is 0 Å². The number of aromatic nitrogens is 2. The molecule has 0 saturated heterocycles. The minimum atomic E-state index is -0.0493. The molecule has 4 heteroatoms. The summed E-state index contributed by atoms with van der Waals surface area (Å²) in [6, 6.07) is 8.16. The van der Waals surface area contributed by atoms with Gasteiger partial charge in [-0.2, -0.15) is 0 Å². The molecule has 1 aromatic carbocycles. The van der Waals surface area contributed by atoms with Gasteiger partial charge in [-0.15, -0.1) is 0 Å². The maximum atomic E-state index is 5.95. The summed E-state index contributed by atoms with van der Waals surface area (Å²) in [5, 5.41) is 4.34. The van der Waals surface area contributed by atoms with Crippen molar-refractivity contribution in [1.82, 2.24) is 15.3 Å². The molecule has 92 valence electrons. The number of imidazole rings is 1. The highest BCUT2D eigenvalue weighted by atomic mass is 16.3. The number of nitrogens with one attached hydrogen (secondary N) is 2. The van der Waals surface area contributed by atoms with Gasteiger partial charge in [0.05, 0.1) is 0 Å². The molecule has 1 atom stereocenters. The molecule has 0 bridgehead atoms. The van der Waals surface area contributed by atoms with Gasteiger partial charge in [0.1, 0.15) is 23.2 Å². The Kier molecular flexibility index (Phi) is 2.64. The minimum Gasteiger partial charge on any atom is -0.459 e. The molecule has 0 amide bonds. The van der Waals surface area contributed by atoms with E-state index in [1.165, 1.54) is 0 Å². The summed E-state index contributed by atoms with van der Waals surface area (Å²) in [5.74, 6) is 1.73. The van der Waals surface area contributed by atoms with Crippen LogP contribution in [0.5, 0.6) is 0 Å². The Labute approximate surface area is 105 Å². The number of hydrogen-bond donors (Lipinski definition) is 2. The lowest BCUT2D eigenvalue weighted by Gasteiger charge is -2.09. The van der Waals surface area contributed by atoms with Crippen LogP contribution in [0.3, 0.4) is 0 Å². The van der Waals surface area contributed by atoms with Gasteiger partial charge in [-0.1, -0.05) is 18.2 Å². The maximum Gasteiger partial charge on any atom is 0.137 e. The van der Waals surface area contributed by atoms with Crippen molar-refractivity contribution in [2.45, 2.75) is 13.0 Å². The quantitative estimate of drug-likeness (QED) is 0.741. The number of fused-ring (bicyclic) bond motifs is 1. The van der Waals surface area contributed by atoms with E-state index in [4.69, 9.17) is 4.42 Å². The van der Waals surface area contributed by atoms with Gasteiger partial charge in [0.25, 0.3) is 0 Å². The number of para-hydroxylation sites is 1. The number of hydrogen-bond acceptors (Lipinski definition) is 3. The van der Waals surface area contributed by atoms with Crippen LogP contribution in [0.2, 0.25) is 0 Å². The van der Waals surface area contributed by atoms with Gasteiger partial charge in [-0.05, 0) is 25.6 Å². The van der Waals surface area contributed by atoms with Crippen molar-refractivity contribution in [3.05, 3.63) is 53.8 Å². The summed E-state index contributed by atoms with van der Waals surface area (Å²) in [4.78, 5) is 7.39. The van der Waals surface area contributed by atoms with Crippen LogP contribution in [-0.2, 0) is 0 Å². The van der Waals surface area contributed by atoms with Crippen molar-refractivity contribution in [2.75, 3.05) is 7.05 Å². The third-order valence-corrected chi connectivity index (χ3v) is 3.13. The monoisotopic (exact) mass is 241 g/mol. The largest absolute Gasteiger partial charge is 0.459 e. The van der Waals surface area contributed by atoms with Crippen LogP contribution in [-0.4, -0.2) is 17.0 Å². The third kappa shape index (κ3) is 1.71. The Morgan fingerprint density at radius 3 is 2.94 bits per heavy atom. The predicted molar refractivity (Wildman–Crippen MR) is 70.4 cm³/mol. The summed E-state index contributed by atoms with van der Waals surface area (Å²) in [5.41, 5.74) is 2.09. The second kappa shape index (κ2) is 4.31. The van der Waals surface area contributed by atoms with Crippen LogP contribution in [0.1, 0.15) is 23.2 Å². The molecule has 0 fully saturated rings. The lowest BCUT2D eigenvalue weighted by atomic mass is 10.1. The molecule has 1 unspecified atom stereocenters. The zero-order valence-electron chi connectivity index (χ0n) is 10.4. The van der Waals surface area contributed by atoms with E-state index in [0.717, 1.165) is 28.1 Å². The van der Waals surface area contributed by atoms with Crippen molar-refractivity contribution >= 4 is 11.0 Å². The normalized spacial score (nSPS) is 13.0. The van der Waals surface area contributed by atoms with Gasteiger partial charge < -0.3 is 14.7 Å². The summed E-state index contributed by atoms with van der Waals surface area (Å²) in [6.45, 7) is 2.05. The van der Waals surface area contributed by atoms with Crippen LogP contribution in [0.25, 0.3) is 11.0 Å². The van der Waals surface area contributed by atoms with Crippen LogP contribution in [0, 0.1) is 6.92 Å². The molecule has 2 heterocycles. The number of rotatable bonds is 3. The third-order valence-electron chi connectivity index (χ3n) is 3.13. The van der Waals surface area contributed by atoms with Crippen molar-refractivity contribution in [1.29, 1.82) is 0 Å². The Morgan fingerprint density at radius 2 is 2.28 bits per heavy atom. The standard InChI is InChI=1S/C14H15N3O/c1-9-4-3-5-10-8-11(18-13(9)10)12(15-2)14-16-6-7-17-14/h3-8,12,15H,1-2H3,(H,16,17). The first-order valence-corrected chi connectivity index (χ1v) is 5.95. The summed E-state index contributed by atoms with van der Waals surface area (Å²) in [7, 11) is 1.90. The molecule has 3 aromatic rings.